The van der Waals surface area contributed by atoms with Gasteiger partial charge in [-0.05, 0) is 54.4 Å². The summed E-state index contributed by atoms with van der Waals surface area (Å²) in [6.07, 6.45) is 3.94. The first-order chi connectivity index (χ1) is 15.1. The van der Waals surface area contributed by atoms with Gasteiger partial charge in [-0.1, -0.05) is 50.6 Å². The molecule has 0 radical (unpaired) electrons. The van der Waals surface area contributed by atoms with Crippen LogP contribution in [0.25, 0.3) is 0 Å². The highest BCUT2D eigenvalue weighted by Gasteiger charge is 2.32. The Balaban J connectivity index is 1.70. The lowest BCUT2D eigenvalue weighted by molar-refractivity contribution is -0.384. The molecule has 1 aliphatic rings. The molecule has 2 aromatic rings. The molecule has 1 unspecified atom stereocenters. The monoisotopic (exact) mass is 472 g/mol. The molecule has 0 bridgehead atoms. The summed E-state index contributed by atoms with van der Waals surface area (Å²) in [7, 11) is 0. The summed E-state index contributed by atoms with van der Waals surface area (Å²) >= 11 is 7.00. The van der Waals surface area contributed by atoms with E-state index in [9.17, 15) is 20.2 Å². The van der Waals surface area contributed by atoms with E-state index < -0.39 is 4.92 Å². The maximum absolute atomic E-state index is 12.4. The lowest BCUT2D eigenvalue weighted by Gasteiger charge is -2.37. The standard InChI is InChI=1S/C23H25ClN4O3S/c1-4-23(2,3)16-5-8-19-14(10-16)9-15(12-25)22(27-19)32-13-21(29)26-17-6-7-18(24)20(11-17)28(30)31/h6-7,9,11,16H,4-5,8,10,13H2,1-3H3,(H,26,29). The summed E-state index contributed by atoms with van der Waals surface area (Å²) in [4.78, 5) is 27.5. The molecule has 1 aromatic carbocycles. The number of pyridine rings is 1. The van der Waals surface area contributed by atoms with Crippen molar-refractivity contribution in [3.05, 3.63) is 56.2 Å². The van der Waals surface area contributed by atoms with E-state index in [2.05, 4.69) is 32.2 Å². The van der Waals surface area contributed by atoms with Crippen LogP contribution < -0.4 is 5.32 Å². The number of nitrogens with one attached hydrogen (secondary N) is 1. The molecule has 32 heavy (non-hydrogen) atoms. The largest absolute Gasteiger partial charge is 0.325 e. The van der Waals surface area contributed by atoms with Crippen LogP contribution >= 0.6 is 23.4 Å². The van der Waals surface area contributed by atoms with Crippen molar-refractivity contribution < 1.29 is 9.72 Å². The van der Waals surface area contributed by atoms with Gasteiger partial charge in [0.1, 0.15) is 16.1 Å². The van der Waals surface area contributed by atoms with Crippen LogP contribution in [0.3, 0.4) is 0 Å². The van der Waals surface area contributed by atoms with Crippen molar-refractivity contribution in [2.24, 2.45) is 11.3 Å². The third kappa shape index (κ3) is 5.40. The Morgan fingerprint density at radius 2 is 2.19 bits per heavy atom. The van der Waals surface area contributed by atoms with Gasteiger partial charge in [-0.2, -0.15) is 5.26 Å². The molecule has 168 valence electrons. The summed E-state index contributed by atoms with van der Waals surface area (Å²) in [5.74, 6) is 0.239. The number of aryl methyl sites for hydroxylation is 1. The number of nitro benzene ring substituents is 1. The van der Waals surface area contributed by atoms with Gasteiger partial charge >= 0.3 is 0 Å². The van der Waals surface area contributed by atoms with Gasteiger partial charge in [0, 0.05) is 17.4 Å². The Labute approximate surface area is 196 Å². The molecule has 1 heterocycles. The minimum atomic E-state index is -0.602. The number of nitro groups is 1. The lowest BCUT2D eigenvalue weighted by atomic mass is 9.69. The zero-order valence-electron chi connectivity index (χ0n) is 18.3. The van der Waals surface area contributed by atoms with E-state index in [-0.39, 0.29) is 33.5 Å². The maximum atomic E-state index is 12.4. The Bertz CT molecular complexity index is 1100. The van der Waals surface area contributed by atoms with Crippen molar-refractivity contribution >= 4 is 40.6 Å². The summed E-state index contributed by atoms with van der Waals surface area (Å²) in [6, 6.07) is 8.22. The van der Waals surface area contributed by atoms with Crippen molar-refractivity contribution in [2.45, 2.75) is 51.5 Å². The zero-order valence-corrected chi connectivity index (χ0v) is 19.8. The maximum Gasteiger partial charge on any atom is 0.289 e. The molecule has 0 saturated carbocycles. The number of hydrogen-bond acceptors (Lipinski definition) is 6. The first-order valence-corrected chi connectivity index (χ1v) is 11.8. The number of nitriles is 1. The van der Waals surface area contributed by atoms with Crippen LogP contribution in [-0.2, 0) is 17.6 Å². The molecular formula is C23H25ClN4O3S. The number of rotatable bonds is 7. The second kappa shape index (κ2) is 9.88. The number of hydrogen-bond donors (Lipinski definition) is 1. The number of amides is 1. The first kappa shape index (κ1) is 24.0. The Morgan fingerprint density at radius 1 is 1.44 bits per heavy atom. The number of carbonyl (C=O) groups excluding carboxylic acids is 1. The van der Waals surface area contributed by atoms with Crippen LogP contribution in [0, 0.1) is 32.8 Å². The van der Waals surface area contributed by atoms with Crippen LogP contribution in [0.1, 0.15) is 50.4 Å². The molecule has 1 amide bonds. The van der Waals surface area contributed by atoms with Gasteiger partial charge < -0.3 is 5.32 Å². The summed E-state index contributed by atoms with van der Waals surface area (Å²) in [6.45, 7) is 6.79. The Kier molecular flexibility index (Phi) is 7.42. The van der Waals surface area contributed by atoms with E-state index in [0.29, 0.717) is 16.5 Å². The van der Waals surface area contributed by atoms with Gasteiger partial charge in [-0.25, -0.2) is 4.98 Å². The topological polar surface area (TPSA) is 109 Å². The highest BCUT2D eigenvalue weighted by Crippen LogP contribution is 2.40. The molecule has 7 nitrogen and oxygen atoms in total. The Morgan fingerprint density at radius 3 is 2.84 bits per heavy atom. The van der Waals surface area contributed by atoms with Crippen molar-refractivity contribution in [3.63, 3.8) is 0 Å². The van der Waals surface area contributed by atoms with Crippen LogP contribution in [0.15, 0.2) is 29.3 Å². The average molecular weight is 473 g/mol. The first-order valence-electron chi connectivity index (χ1n) is 10.4. The van der Waals surface area contributed by atoms with E-state index in [4.69, 9.17) is 16.6 Å². The van der Waals surface area contributed by atoms with Crippen molar-refractivity contribution in [1.82, 2.24) is 4.98 Å². The molecule has 3 rings (SSSR count). The van der Waals surface area contributed by atoms with Crippen LogP contribution in [0.2, 0.25) is 5.02 Å². The molecule has 1 N–H and O–H groups in total. The molecule has 0 spiro atoms. The fraction of sp³-hybridized carbons (Fsp3) is 0.435. The predicted molar refractivity (Wildman–Crippen MR) is 126 cm³/mol. The number of fused-ring (bicyclic) bond motifs is 1. The number of carbonyl (C=O) groups is 1. The minimum absolute atomic E-state index is 0.00357. The average Bonchev–Trinajstić information content (AvgIpc) is 2.77. The van der Waals surface area contributed by atoms with E-state index in [1.807, 2.05) is 6.07 Å². The summed E-state index contributed by atoms with van der Waals surface area (Å²) in [5.41, 5.74) is 2.86. The molecule has 1 aliphatic carbocycles. The highest BCUT2D eigenvalue weighted by atomic mass is 35.5. The van der Waals surface area contributed by atoms with E-state index in [1.165, 1.54) is 30.0 Å². The van der Waals surface area contributed by atoms with Crippen molar-refractivity contribution in [2.75, 3.05) is 11.1 Å². The van der Waals surface area contributed by atoms with Gasteiger partial charge in [0.2, 0.25) is 5.91 Å². The molecule has 1 aromatic heterocycles. The fourth-order valence-corrected chi connectivity index (χ4v) is 4.81. The predicted octanol–water partition coefficient (Wildman–Crippen LogP) is 5.79. The molecule has 1 atom stereocenters. The van der Waals surface area contributed by atoms with Gasteiger partial charge in [-0.15, -0.1) is 0 Å². The second-order valence-corrected chi connectivity index (χ2v) is 9.97. The number of aromatic nitrogens is 1. The van der Waals surface area contributed by atoms with E-state index in [1.54, 1.807) is 0 Å². The summed E-state index contributed by atoms with van der Waals surface area (Å²) < 4.78 is 0. The number of halogens is 1. The van der Waals surface area contributed by atoms with Gasteiger partial charge in [-0.3, -0.25) is 14.9 Å². The summed E-state index contributed by atoms with van der Waals surface area (Å²) in [5, 5.41) is 23.8. The zero-order chi connectivity index (χ0) is 23.5. The van der Waals surface area contributed by atoms with Gasteiger partial charge in [0.15, 0.2) is 0 Å². The number of anilines is 1. The number of nitrogens with zero attached hydrogens (tertiary/aromatic N) is 3. The van der Waals surface area contributed by atoms with Gasteiger partial charge in [0.25, 0.3) is 5.69 Å². The molecule has 0 aliphatic heterocycles. The fourth-order valence-electron chi connectivity index (χ4n) is 3.85. The Hall–Kier alpha value is -2.63. The third-order valence-corrected chi connectivity index (χ3v) is 7.57. The van der Waals surface area contributed by atoms with E-state index in [0.717, 1.165) is 36.9 Å². The SMILES string of the molecule is CCC(C)(C)C1CCc2nc(SCC(=O)Nc3ccc(Cl)c([N+](=O)[O-])c3)c(C#N)cc2C1. The van der Waals surface area contributed by atoms with Crippen LogP contribution in [-0.4, -0.2) is 21.6 Å². The number of benzene rings is 1. The lowest BCUT2D eigenvalue weighted by Crippen LogP contribution is -2.29. The molecular weight excluding hydrogens is 448 g/mol. The van der Waals surface area contributed by atoms with Crippen LogP contribution in [0.4, 0.5) is 11.4 Å². The van der Waals surface area contributed by atoms with E-state index >= 15 is 0 Å². The third-order valence-electron chi connectivity index (χ3n) is 6.26. The highest BCUT2D eigenvalue weighted by molar-refractivity contribution is 8.00. The minimum Gasteiger partial charge on any atom is -0.325 e. The smallest absolute Gasteiger partial charge is 0.289 e. The normalized spacial score (nSPS) is 15.5. The molecule has 0 fully saturated rings. The van der Waals surface area contributed by atoms with Gasteiger partial charge in [0.05, 0.1) is 16.2 Å². The van der Waals surface area contributed by atoms with Crippen molar-refractivity contribution in [1.29, 1.82) is 5.26 Å². The second-order valence-electron chi connectivity index (χ2n) is 8.60. The quantitative estimate of drug-likeness (QED) is 0.310. The molecule has 9 heteroatoms. The van der Waals surface area contributed by atoms with Crippen LogP contribution in [0.5, 0.6) is 0 Å². The van der Waals surface area contributed by atoms with Crippen molar-refractivity contribution in [3.8, 4) is 6.07 Å². The molecule has 0 saturated heterocycles. The number of thioether (sulfide) groups is 1.